The zero-order valence-electron chi connectivity index (χ0n) is 17.0. The van der Waals surface area contributed by atoms with Gasteiger partial charge in [0.25, 0.3) is 0 Å². The highest BCUT2D eigenvalue weighted by atomic mass is 127. The molecule has 2 aromatic rings. The van der Waals surface area contributed by atoms with Crippen molar-refractivity contribution in [3.63, 3.8) is 0 Å². The predicted octanol–water partition coefficient (Wildman–Crippen LogP) is 2.31. The van der Waals surface area contributed by atoms with Gasteiger partial charge in [0.05, 0.1) is 31.5 Å². The lowest BCUT2D eigenvalue weighted by Gasteiger charge is -2.35. The number of halogens is 2. The average Bonchev–Trinajstić information content (AvgIpc) is 3.12. The molecule has 3 rings (SSSR count). The van der Waals surface area contributed by atoms with Crippen LogP contribution in [0.25, 0.3) is 0 Å². The molecule has 1 unspecified atom stereocenters. The molecule has 0 spiro atoms. The first kappa shape index (κ1) is 23.6. The number of morpholine rings is 1. The number of aliphatic imine (C=N–C) groups is 1. The van der Waals surface area contributed by atoms with Crippen LogP contribution in [0.4, 0.5) is 4.39 Å². The van der Waals surface area contributed by atoms with Gasteiger partial charge in [0.15, 0.2) is 5.96 Å². The lowest BCUT2D eigenvalue weighted by atomic mass is 10.0. The van der Waals surface area contributed by atoms with Crippen molar-refractivity contribution >= 4 is 29.9 Å². The maximum atomic E-state index is 13.8. The van der Waals surface area contributed by atoms with E-state index in [9.17, 15) is 4.39 Å². The summed E-state index contributed by atoms with van der Waals surface area (Å²) in [6.45, 7) is 7.00. The van der Waals surface area contributed by atoms with Gasteiger partial charge in [-0.1, -0.05) is 12.1 Å². The maximum Gasteiger partial charge on any atom is 0.191 e. The molecule has 7 nitrogen and oxygen atoms in total. The molecule has 0 amide bonds. The molecule has 2 heterocycles. The topological polar surface area (TPSA) is 66.7 Å². The minimum absolute atomic E-state index is 0. The molecule has 29 heavy (non-hydrogen) atoms. The molecular formula is C20H30FIN6O. The largest absolute Gasteiger partial charge is 0.379 e. The number of benzene rings is 1. The quantitative estimate of drug-likeness (QED) is 0.336. The van der Waals surface area contributed by atoms with E-state index < -0.39 is 0 Å². The average molecular weight is 516 g/mol. The maximum absolute atomic E-state index is 13.8. The van der Waals surface area contributed by atoms with Crippen LogP contribution < -0.4 is 10.6 Å². The number of rotatable bonds is 7. The molecule has 2 N–H and O–H groups in total. The van der Waals surface area contributed by atoms with Gasteiger partial charge in [0.2, 0.25) is 0 Å². The molecule has 1 fully saturated rings. The van der Waals surface area contributed by atoms with Crippen molar-refractivity contribution in [1.29, 1.82) is 0 Å². The number of hydrogen-bond donors (Lipinski definition) is 2. The van der Waals surface area contributed by atoms with E-state index in [4.69, 9.17) is 4.74 Å². The third kappa shape index (κ3) is 6.93. The molecule has 160 valence electrons. The van der Waals surface area contributed by atoms with Gasteiger partial charge >= 0.3 is 0 Å². The van der Waals surface area contributed by atoms with Gasteiger partial charge in [-0.25, -0.2) is 9.38 Å². The molecular weight excluding hydrogens is 486 g/mol. The van der Waals surface area contributed by atoms with Gasteiger partial charge in [-0.15, -0.1) is 24.0 Å². The SMILES string of the molecule is CCNC(=NCc1ccnn1C)NCC(c1cccc(F)c1)N1CCOCC1.I. The van der Waals surface area contributed by atoms with E-state index >= 15 is 0 Å². The second-order valence-electron chi connectivity index (χ2n) is 6.74. The van der Waals surface area contributed by atoms with E-state index in [0.717, 1.165) is 36.9 Å². The number of aryl methyl sites for hydroxylation is 1. The molecule has 0 saturated carbocycles. The van der Waals surface area contributed by atoms with Crippen LogP contribution in [-0.4, -0.2) is 60.0 Å². The van der Waals surface area contributed by atoms with Crippen molar-refractivity contribution in [2.45, 2.75) is 19.5 Å². The van der Waals surface area contributed by atoms with Crippen molar-refractivity contribution < 1.29 is 9.13 Å². The molecule has 1 aliphatic rings. The number of hydrogen-bond acceptors (Lipinski definition) is 4. The Morgan fingerprint density at radius 3 is 2.72 bits per heavy atom. The van der Waals surface area contributed by atoms with E-state index in [0.29, 0.717) is 26.3 Å². The van der Waals surface area contributed by atoms with E-state index in [1.807, 2.05) is 30.8 Å². The summed E-state index contributed by atoms with van der Waals surface area (Å²) in [5.41, 5.74) is 1.99. The first-order chi connectivity index (χ1) is 13.7. The summed E-state index contributed by atoms with van der Waals surface area (Å²) in [7, 11) is 1.91. The summed E-state index contributed by atoms with van der Waals surface area (Å²) in [5, 5.41) is 10.9. The Hall–Kier alpha value is -1.72. The monoisotopic (exact) mass is 516 g/mol. The van der Waals surface area contributed by atoms with Crippen molar-refractivity contribution in [3.05, 3.63) is 53.6 Å². The Kier molecular flexibility index (Phi) is 9.82. The van der Waals surface area contributed by atoms with Crippen molar-refractivity contribution in [3.8, 4) is 0 Å². The number of guanidine groups is 1. The lowest BCUT2D eigenvalue weighted by Crippen LogP contribution is -2.46. The molecule has 0 bridgehead atoms. The van der Waals surface area contributed by atoms with Crippen LogP contribution >= 0.6 is 24.0 Å². The number of aromatic nitrogens is 2. The van der Waals surface area contributed by atoms with E-state index in [2.05, 4.69) is 25.6 Å². The van der Waals surface area contributed by atoms with E-state index in [1.165, 1.54) is 6.07 Å². The smallest absolute Gasteiger partial charge is 0.191 e. The number of nitrogens with one attached hydrogen (secondary N) is 2. The molecule has 1 atom stereocenters. The van der Waals surface area contributed by atoms with E-state index in [1.54, 1.807) is 18.3 Å². The number of ether oxygens (including phenoxy) is 1. The van der Waals surface area contributed by atoms with Crippen molar-refractivity contribution in [1.82, 2.24) is 25.3 Å². The molecule has 1 aromatic heterocycles. The standard InChI is InChI=1S/C20H29FN6O.HI/c1-3-22-20(23-14-18-7-8-25-26(18)2)24-15-19(27-9-11-28-12-10-27)16-5-4-6-17(21)13-16;/h4-8,13,19H,3,9-12,14-15H2,1-2H3,(H2,22,23,24);1H. The van der Waals surface area contributed by atoms with Gasteiger partial charge in [-0.05, 0) is 30.7 Å². The molecule has 9 heteroatoms. The molecule has 1 aromatic carbocycles. The Balaban J connectivity index is 0.00000300. The fourth-order valence-electron chi connectivity index (χ4n) is 3.31. The van der Waals surface area contributed by atoms with Crippen LogP contribution in [0.15, 0.2) is 41.5 Å². The zero-order chi connectivity index (χ0) is 19.8. The summed E-state index contributed by atoms with van der Waals surface area (Å²) in [6.07, 6.45) is 1.77. The van der Waals surface area contributed by atoms with Crippen LogP contribution in [0.2, 0.25) is 0 Å². The number of nitrogens with zero attached hydrogens (tertiary/aromatic N) is 4. The molecule has 0 radical (unpaired) electrons. The zero-order valence-corrected chi connectivity index (χ0v) is 19.3. The van der Waals surface area contributed by atoms with Gasteiger partial charge < -0.3 is 15.4 Å². The molecule has 1 aliphatic heterocycles. The Labute approximate surface area is 188 Å². The van der Waals surface area contributed by atoms with Crippen LogP contribution in [0.5, 0.6) is 0 Å². The summed E-state index contributed by atoms with van der Waals surface area (Å²) < 4.78 is 21.1. The molecule has 1 saturated heterocycles. The minimum Gasteiger partial charge on any atom is -0.379 e. The third-order valence-corrected chi connectivity index (χ3v) is 4.85. The highest BCUT2D eigenvalue weighted by Crippen LogP contribution is 2.22. The first-order valence-corrected chi connectivity index (χ1v) is 9.73. The second-order valence-corrected chi connectivity index (χ2v) is 6.74. The van der Waals surface area contributed by atoms with Gasteiger partial charge in [0, 0.05) is 39.4 Å². The third-order valence-electron chi connectivity index (χ3n) is 4.85. The first-order valence-electron chi connectivity index (χ1n) is 9.73. The Bertz CT molecular complexity index is 778. The summed E-state index contributed by atoms with van der Waals surface area (Å²) in [6, 6.07) is 8.83. The fraction of sp³-hybridized carbons (Fsp3) is 0.500. The Morgan fingerprint density at radius 1 is 1.28 bits per heavy atom. The highest BCUT2D eigenvalue weighted by molar-refractivity contribution is 14.0. The van der Waals surface area contributed by atoms with Crippen LogP contribution in [0.3, 0.4) is 0 Å². The normalized spacial score (nSPS) is 16.2. The summed E-state index contributed by atoms with van der Waals surface area (Å²) >= 11 is 0. The van der Waals surface area contributed by atoms with Gasteiger partial charge in [-0.2, -0.15) is 5.10 Å². The van der Waals surface area contributed by atoms with Crippen LogP contribution in [-0.2, 0) is 18.3 Å². The van der Waals surface area contributed by atoms with Crippen molar-refractivity contribution in [2.24, 2.45) is 12.0 Å². The highest BCUT2D eigenvalue weighted by Gasteiger charge is 2.23. The van der Waals surface area contributed by atoms with Crippen LogP contribution in [0, 0.1) is 5.82 Å². The Morgan fingerprint density at radius 2 is 2.07 bits per heavy atom. The van der Waals surface area contributed by atoms with Crippen LogP contribution in [0.1, 0.15) is 24.2 Å². The molecule has 0 aliphatic carbocycles. The van der Waals surface area contributed by atoms with E-state index in [-0.39, 0.29) is 35.8 Å². The van der Waals surface area contributed by atoms with Crippen molar-refractivity contribution in [2.75, 3.05) is 39.4 Å². The van der Waals surface area contributed by atoms with Gasteiger partial charge in [0.1, 0.15) is 5.82 Å². The minimum atomic E-state index is -0.215. The summed E-state index contributed by atoms with van der Waals surface area (Å²) in [4.78, 5) is 6.99. The van der Waals surface area contributed by atoms with Gasteiger partial charge in [-0.3, -0.25) is 9.58 Å². The second kappa shape index (κ2) is 12.1. The lowest BCUT2D eigenvalue weighted by molar-refractivity contribution is 0.0169. The predicted molar refractivity (Wildman–Crippen MR) is 123 cm³/mol. The summed E-state index contributed by atoms with van der Waals surface area (Å²) in [5.74, 6) is 0.519. The fourth-order valence-corrected chi connectivity index (χ4v) is 3.31.